The number of amides is 1. The highest BCUT2D eigenvalue weighted by atomic mass is 16.5. The fourth-order valence-corrected chi connectivity index (χ4v) is 2.03. The van der Waals surface area contributed by atoms with Crippen molar-refractivity contribution in [2.45, 2.75) is 46.3 Å². The maximum absolute atomic E-state index is 11.9. The second-order valence-electron chi connectivity index (χ2n) is 5.18. The van der Waals surface area contributed by atoms with E-state index in [0.717, 1.165) is 26.2 Å². The van der Waals surface area contributed by atoms with Crippen LogP contribution in [0.15, 0.2) is 0 Å². The third-order valence-corrected chi connectivity index (χ3v) is 3.16. The molecule has 0 bridgehead atoms. The highest BCUT2D eigenvalue weighted by molar-refractivity contribution is 5.76. The van der Waals surface area contributed by atoms with Gasteiger partial charge < -0.3 is 9.64 Å². The van der Waals surface area contributed by atoms with Gasteiger partial charge in [-0.2, -0.15) is 0 Å². The Bertz CT molecular complexity index is 234. The Morgan fingerprint density at radius 3 is 2.18 bits per heavy atom. The molecule has 0 aromatic rings. The van der Waals surface area contributed by atoms with Crippen LogP contribution in [0.5, 0.6) is 0 Å². The first-order valence-electron chi connectivity index (χ1n) is 6.64. The molecule has 0 aliphatic carbocycles. The molecule has 0 unspecified atom stereocenters. The van der Waals surface area contributed by atoms with Gasteiger partial charge in [-0.1, -0.05) is 0 Å². The topological polar surface area (TPSA) is 32.8 Å². The molecule has 17 heavy (non-hydrogen) atoms. The highest BCUT2D eigenvalue weighted by Gasteiger charge is 2.21. The van der Waals surface area contributed by atoms with Gasteiger partial charge in [-0.3, -0.25) is 9.69 Å². The van der Waals surface area contributed by atoms with Crippen molar-refractivity contribution in [2.75, 3.05) is 32.8 Å². The standard InChI is InChI=1S/C13H26N2O2/c1-11(2)14-6-8-15(9-7-14)13(16)5-10-17-12(3)4/h11-12H,5-10H2,1-4H3. The highest BCUT2D eigenvalue weighted by Crippen LogP contribution is 2.07. The minimum Gasteiger partial charge on any atom is -0.378 e. The predicted molar refractivity (Wildman–Crippen MR) is 69.0 cm³/mol. The molecular formula is C13H26N2O2. The first-order valence-corrected chi connectivity index (χ1v) is 6.64. The number of piperazine rings is 1. The van der Waals surface area contributed by atoms with Crippen LogP contribution in [0.2, 0.25) is 0 Å². The predicted octanol–water partition coefficient (Wildman–Crippen LogP) is 1.35. The molecule has 4 heteroatoms. The lowest BCUT2D eigenvalue weighted by molar-refractivity contribution is -0.134. The molecule has 1 saturated heterocycles. The maximum atomic E-state index is 11.9. The van der Waals surface area contributed by atoms with Crippen molar-refractivity contribution in [3.8, 4) is 0 Å². The number of ether oxygens (including phenoxy) is 1. The summed E-state index contributed by atoms with van der Waals surface area (Å²) in [6, 6.07) is 0.580. The molecule has 0 spiro atoms. The Hall–Kier alpha value is -0.610. The summed E-state index contributed by atoms with van der Waals surface area (Å²) in [5.74, 6) is 0.231. The Labute approximate surface area is 105 Å². The van der Waals surface area contributed by atoms with Gasteiger partial charge in [0.15, 0.2) is 0 Å². The molecule has 1 heterocycles. The summed E-state index contributed by atoms with van der Waals surface area (Å²) in [6.07, 6.45) is 0.723. The largest absolute Gasteiger partial charge is 0.378 e. The van der Waals surface area contributed by atoms with Crippen molar-refractivity contribution in [1.29, 1.82) is 0 Å². The molecule has 0 aromatic carbocycles. The van der Waals surface area contributed by atoms with Gasteiger partial charge in [0.25, 0.3) is 0 Å². The van der Waals surface area contributed by atoms with Crippen LogP contribution in [0.1, 0.15) is 34.1 Å². The second-order valence-corrected chi connectivity index (χ2v) is 5.18. The summed E-state index contributed by atoms with van der Waals surface area (Å²) in [5, 5.41) is 0. The third kappa shape index (κ3) is 5.04. The minimum absolute atomic E-state index is 0.209. The summed E-state index contributed by atoms with van der Waals surface area (Å²) >= 11 is 0. The molecule has 0 N–H and O–H groups in total. The van der Waals surface area contributed by atoms with Crippen LogP contribution >= 0.6 is 0 Å². The zero-order valence-electron chi connectivity index (χ0n) is 11.6. The molecule has 4 nitrogen and oxygen atoms in total. The van der Waals surface area contributed by atoms with E-state index in [1.165, 1.54) is 0 Å². The first-order chi connectivity index (χ1) is 8.00. The third-order valence-electron chi connectivity index (χ3n) is 3.16. The molecule has 1 amide bonds. The Morgan fingerprint density at radius 1 is 1.12 bits per heavy atom. The molecule has 0 aromatic heterocycles. The van der Waals surface area contributed by atoms with Gasteiger partial charge in [0.1, 0.15) is 0 Å². The normalized spacial score (nSPS) is 18.1. The van der Waals surface area contributed by atoms with Crippen LogP contribution in [0.25, 0.3) is 0 Å². The molecule has 0 radical (unpaired) electrons. The van der Waals surface area contributed by atoms with Crippen molar-refractivity contribution in [2.24, 2.45) is 0 Å². The van der Waals surface area contributed by atoms with Gasteiger partial charge in [0, 0.05) is 32.2 Å². The summed E-state index contributed by atoms with van der Waals surface area (Å²) in [4.78, 5) is 16.3. The van der Waals surface area contributed by atoms with E-state index in [1.807, 2.05) is 18.7 Å². The second kappa shape index (κ2) is 6.97. The van der Waals surface area contributed by atoms with Crippen LogP contribution in [-0.2, 0) is 9.53 Å². The van der Waals surface area contributed by atoms with Gasteiger partial charge >= 0.3 is 0 Å². The number of hydrogen-bond donors (Lipinski definition) is 0. The van der Waals surface area contributed by atoms with Crippen LogP contribution in [-0.4, -0.2) is 60.6 Å². The van der Waals surface area contributed by atoms with E-state index in [9.17, 15) is 4.79 Å². The van der Waals surface area contributed by atoms with Crippen LogP contribution in [0.4, 0.5) is 0 Å². The lowest BCUT2D eigenvalue weighted by Gasteiger charge is -2.37. The summed E-state index contributed by atoms with van der Waals surface area (Å²) in [5.41, 5.74) is 0. The van der Waals surface area contributed by atoms with Crippen LogP contribution in [0, 0.1) is 0 Å². The SMILES string of the molecule is CC(C)OCCC(=O)N1CCN(C(C)C)CC1. The number of rotatable bonds is 5. The fourth-order valence-electron chi connectivity index (χ4n) is 2.03. The van der Waals surface area contributed by atoms with E-state index in [1.54, 1.807) is 0 Å². The number of nitrogens with zero attached hydrogens (tertiary/aromatic N) is 2. The molecule has 0 saturated carbocycles. The van der Waals surface area contributed by atoms with Crippen molar-refractivity contribution in [3.05, 3.63) is 0 Å². The lowest BCUT2D eigenvalue weighted by Crippen LogP contribution is -2.50. The Balaban J connectivity index is 2.21. The van der Waals surface area contributed by atoms with Gasteiger partial charge in [0.2, 0.25) is 5.91 Å². The zero-order chi connectivity index (χ0) is 12.8. The average Bonchev–Trinajstić information content (AvgIpc) is 2.28. The first kappa shape index (κ1) is 14.5. The molecule has 0 atom stereocenters. The van der Waals surface area contributed by atoms with Crippen molar-refractivity contribution < 1.29 is 9.53 Å². The van der Waals surface area contributed by atoms with Gasteiger partial charge in [-0.15, -0.1) is 0 Å². The summed E-state index contributed by atoms with van der Waals surface area (Å²) in [7, 11) is 0. The average molecular weight is 242 g/mol. The number of carbonyl (C=O) groups excluding carboxylic acids is 1. The monoisotopic (exact) mass is 242 g/mol. The van der Waals surface area contributed by atoms with Gasteiger partial charge in [0.05, 0.1) is 19.1 Å². The Kier molecular flexibility index (Phi) is 5.92. The van der Waals surface area contributed by atoms with E-state index in [0.29, 0.717) is 19.1 Å². The number of hydrogen-bond acceptors (Lipinski definition) is 3. The molecule has 1 aliphatic heterocycles. The van der Waals surface area contributed by atoms with Gasteiger partial charge in [-0.25, -0.2) is 0 Å². The van der Waals surface area contributed by atoms with E-state index < -0.39 is 0 Å². The molecule has 1 rings (SSSR count). The van der Waals surface area contributed by atoms with E-state index in [2.05, 4.69) is 18.7 Å². The summed E-state index contributed by atoms with van der Waals surface area (Å²) in [6.45, 7) is 12.6. The van der Waals surface area contributed by atoms with Crippen molar-refractivity contribution in [1.82, 2.24) is 9.80 Å². The fraction of sp³-hybridized carbons (Fsp3) is 0.923. The van der Waals surface area contributed by atoms with Gasteiger partial charge in [-0.05, 0) is 27.7 Å². The van der Waals surface area contributed by atoms with E-state index >= 15 is 0 Å². The van der Waals surface area contributed by atoms with Crippen molar-refractivity contribution >= 4 is 5.91 Å². The molecule has 1 fully saturated rings. The van der Waals surface area contributed by atoms with Crippen LogP contribution < -0.4 is 0 Å². The van der Waals surface area contributed by atoms with E-state index in [-0.39, 0.29) is 12.0 Å². The maximum Gasteiger partial charge on any atom is 0.224 e. The van der Waals surface area contributed by atoms with Crippen molar-refractivity contribution in [3.63, 3.8) is 0 Å². The minimum atomic E-state index is 0.209. The summed E-state index contributed by atoms with van der Waals surface area (Å²) < 4.78 is 5.40. The molecular weight excluding hydrogens is 216 g/mol. The molecule has 100 valence electrons. The quantitative estimate of drug-likeness (QED) is 0.729. The number of carbonyl (C=O) groups is 1. The Morgan fingerprint density at radius 2 is 1.71 bits per heavy atom. The lowest BCUT2D eigenvalue weighted by atomic mass is 10.2. The van der Waals surface area contributed by atoms with E-state index in [4.69, 9.17) is 4.74 Å². The van der Waals surface area contributed by atoms with Crippen LogP contribution in [0.3, 0.4) is 0 Å². The zero-order valence-corrected chi connectivity index (χ0v) is 11.6. The molecule has 1 aliphatic rings. The smallest absolute Gasteiger partial charge is 0.224 e.